The van der Waals surface area contributed by atoms with E-state index in [0.29, 0.717) is 18.2 Å². The maximum atomic E-state index is 11.3. The predicted octanol–water partition coefficient (Wildman–Crippen LogP) is 1.17. The molecule has 1 saturated heterocycles. The van der Waals surface area contributed by atoms with Crippen molar-refractivity contribution in [2.45, 2.75) is 31.6 Å². The summed E-state index contributed by atoms with van der Waals surface area (Å²) in [6.45, 7) is 1.86. The summed E-state index contributed by atoms with van der Waals surface area (Å²) in [5.74, 6) is -0.318. The second-order valence-corrected chi connectivity index (χ2v) is 5.79. The molecule has 1 heterocycles. The summed E-state index contributed by atoms with van der Waals surface area (Å²) in [5.41, 5.74) is 6.35. The standard InChI is InChI=1S/C15H21ClN2O3/c16-12-5-3-11(4-6-12)9-21-10-13(19)8-18-7-1-2-14(18)15(17)20/h3-6,13-14,19H,1-2,7-10H2,(H2,17,20)/t13-,14+/m0/s1. The molecular formula is C15H21ClN2O3. The summed E-state index contributed by atoms with van der Waals surface area (Å²) in [7, 11) is 0. The van der Waals surface area contributed by atoms with Crippen molar-refractivity contribution in [3.05, 3.63) is 34.9 Å². The van der Waals surface area contributed by atoms with Crippen molar-refractivity contribution in [2.75, 3.05) is 19.7 Å². The minimum atomic E-state index is -0.628. The first kappa shape index (κ1) is 16.2. The van der Waals surface area contributed by atoms with E-state index >= 15 is 0 Å². The summed E-state index contributed by atoms with van der Waals surface area (Å²) < 4.78 is 5.49. The van der Waals surface area contributed by atoms with Crippen LogP contribution in [0, 0.1) is 0 Å². The number of β-amino-alcohol motifs (C(OH)–C–C–N with tert-alkyl or cyclic N) is 1. The van der Waals surface area contributed by atoms with Crippen LogP contribution in [0.2, 0.25) is 5.02 Å². The van der Waals surface area contributed by atoms with E-state index in [1.807, 2.05) is 17.0 Å². The number of nitrogens with zero attached hydrogens (tertiary/aromatic N) is 1. The molecule has 3 N–H and O–H groups in total. The van der Waals surface area contributed by atoms with Gasteiger partial charge in [-0.2, -0.15) is 0 Å². The summed E-state index contributed by atoms with van der Waals surface area (Å²) in [6.07, 6.45) is 1.08. The first-order valence-corrected chi connectivity index (χ1v) is 7.47. The van der Waals surface area contributed by atoms with Crippen molar-refractivity contribution in [2.24, 2.45) is 5.73 Å². The largest absolute Gasteiger partial charge is 0.389 e. The first-order valence-electron chi connectivity index (χ1n) is 7.10. The quantitative estimate of drug-likeness (QED) is 0.792. The molecule has 1 fully saturated rings. The lowest BCUT2D eigenvalue weighted by atomic mass is 10.2. The number of carbonyl (C=O) groups excluding carboxylic acids is 1. The molecule has 2 rings (SSSR count). The summed E-state index contributed by atoms with van der Waals surface area (Å²) >= 11 is 5.81. The lowest BCUT2D eigenvalue weighted by Gasteiger charge is -2.24. The monoisotopic (exact) mass is 312 g/mol. The Bertz CT molecular complexity index is 466. The fourth-order valence-corrected chi connectivity index (χ4v) is 2.71. The van der Waals surface area contributed by atoms with Crippen LogP contribution >= 0.6 is 11.6 Å². The number of nitrogens with two attached hydrogens (primary N) is 1. The molecule has 6 heteroatoms. The molecule has 1 amide bonds. The van der Waals surface area contributed by atoms with E-state index in [9.17, 15) is 9.90 Å². The minimum absolute atomic E-state index is 0.227. The van der Waals surface area contributed by atoms with Crippen LogP contribution in [0.4, 0.5) is 0 Å². The smallest absolute Gasteiger partial charge is 0.234 e. The van der Waals surface area contributed by atoms with Gasteiger partial charge in [0.1, 0.15) is 0 Å². The number of aliphatic hydroxyl groups is 1. The van der Waals surface area contributed by atoms with Crippen molar-refractivity contribution >= 4 is 17.5 Å². The van der Waals surface area contributed by atoms with Crippen LogP contribution in [0.25, 0.3) is 0 Å². The SMILES string of the molecule is NC(=O)[C@H]1CCCN1C[C@H](O)COCc1ccc(Cl)cc1. The highest BCUT2D eigenvalue weighted by atomic mass is 35.5. The number of benzene rings is 1. The maximum absolute atomic E-state index is 11.3. The number of aliphatic hydroxyl groups excluding tert-OH is 1. The third kappa shape index (κ3) is 4.97. The summed E-state index contributed by atoms with van der Waals surface area (Å²) in [6, 6.07) is 7.13. The van der Waals surface area contributed by atoms with Gasteiger partial charge < -0.3 is 15.6 Å². The van der Waals surface area contributed by atoms with E-state index in [1.54, 1.807) is 12.1 Å². The average molecular weight is 313 g/mol. The molecule has 1 aliphatic rings. The molecule has 1 aromatic carbocycles. The van der Waals surface area contributed by atoms with E-state index in [2.05, 4.69) is 0 Å². The molecule has 0 spiro atoms. The second kappa shape index (κ2) is 7.75. The van der Waals surface area contributed by atoms with Crippen LogP contribution in [0.1, 0.15) is 18.4 Å². The average Bonchev–Trinajstić information content (AvgIpc) is 2.89. The fourth-order valence-electron chi connectivity index (χ4n) is 2.58. The highest BCUT2D eigenvalue weighted by Crippen LogP contribution is 2.17. The topological polar surface area (TPSA) is 75.8 Å². The molecule has 0 radical (unpaired) electrons. The Morgan fingerprint density at radius 3 is 2.86 bits per heavy atom. The van der Waals surface area contributed by atoms with Gasteiger partial charge in [0.15, 0.2) is 0 Å². The van der Waals surface area contributed by atoms with Gasteiger partial charge in [-0.1, -0.05) is 23.7 Å². The molecule has 5 nitrogen and oxygen atoms in total. The van der Waals surface area contributed by atoms with Gasteiger partial charge in [-0.25, -0.2) is 0 Å². The molecule has 21 heavy (non-hydrogen) atoms. The highest BCUT2D eigenvalue weighted by Gasteiger charge is 2.30. The molecule has 2 atom stereocenters. The molecule has 0 unspecified atom stereocenters. The Balaban J connectivity index is 1.71. The number of carbonyl (C=O) groups is 1. The van der Waals surface area contributed by atoms with Crippen LogP contribution in [-0.4, -0.2) is 47.8 Å². The molecular weight excluding hydrogens is 292 g/mol. The molecule has 0 bridgehead atoms. The van der Waals surface area contributed by atoms with Gasteiger partial charge in [0, 0.05) is 11.6 Å². The van der Waals surface area contributed by atoms with E-state index < -0.39 is 6.10 Å². The molecule has 0 aliphatic carbocycles. The zero-order chi connectivity index (χ0) is 15.2. The summed E-state index contributed by atoms with van der Waals surface area (Å²) in [5, 5.41) is 10.7. The third-order valence-corrected chi connectivity index (χ3v) is 3.88. The number of ether oxygens (including phenoxy) is 1. The molecule has 1 aliphatic heterocycles. The van der Waals surface area contributed by atoms with E-state index in [0.717, 1.165) is 24.9 Å². The third-order valence-electron chi connectivity index (χ3n) is 3.63. The summed E-state index contributed by atoms with van der Waals surface area (Å²) in [4.78, 5) is 13.2. The van der Waals surface area contributed by atoms with Crippen molar-refractivity contribution in [3.63, 3.8) is 0 Å². The van der Waals surface area contributed by atoms with Crippen molar-refractivity contribution in [3.8, 4) is 0 Å². The zero-order valence-corrected chi connectivity index (χ0v) is 12.6. The van der Waals surface area contributed by atoms with Gasteiger partial charge in [0.2, 0.25) is 5.91 Å². The van der Waals surface area contributed by atoms with Gasteiger partial charge in [-0.05, 0) is 37.1 Å². The molecule has 1 aromatic rings. The molecule has 116 valence electrons. The Hall–Kier alpha value is -1.14. The van der Waals surface area contributed by atoms with Gasteiger partial charge in [0.25, 0.3) is 0 Å². The number of likely N-dealkylation sites (tertiary alicyclic amines) is 1. The van der Waals surface area contributed by atoms with Crippen molar-refractivity contribution in [1.29, 1.82) is 0 Å². The second-order valence-electron chi connectivity index (χ2n) is 5.35. The Labute approximate surface area is 129 Å². The number of primary amides is 1. The van der Waals surface area contributed by atoms with Crippen LogP contribution in [0.5, 0.6) is 0 Å². The maximum Gasteiger partial charge on any atom is 0.234 e. The number of hydrogen-bond acceptors (Lipinski definition) is 4. The Morgan fingerprint density at radius 2 is 2.19 bits per heavy atom. The molecule has 0 saturated carbocycles. The number of hydrogen-bond donors (Lipinski definition) is 2. The Morgan fingerprint density at radius 1 is 1.48 bits per heavy atom. The van der Waals surface area contributed by atoms with Crippen molar-refractivity contribution in [1.82, 2.24) is 4.90 Å². The fraction of sp³-hybridized carbons (Fsp3) is 0.533. The predicted molar refractivity (Wildman–Crippen MR) is 80.9 cm³/mol. The van der Waals surface area contributed by atoms with E-state index in [-0.39, 0.29) is 18.6 Å². The van der Waals surface area contributed by atoms with Crippen LogP contribution in [0.15, 0.2) is 24.3 Å². The lowest BCUT2D eigenvalue weighted by Crippen LogP contribution is -2.44. The van der Waals surface area contributed by atoms with E-state index in [1.165, 1.54) is 0 Å². The van der Waals surface area contributed by atoms with Crippen LogP contribution in [0.3, 0.4) is 0 Å². The van der Waals surface area contributed by atoms with Crippen molar-refractivity contribution < 1.29 is 14.6 Å². The van der Waals surface area contributed by atoms with E-state index in [4.69, 9.17) is 22.1 Å². The van der Waals surface area contributed by atoms with Gasteiger partial charge in [-0.15, -0.1) is 0 Å². The normalized spacial score (nSPS) is 20.6. The van der Waals surface area contributed by atoms with Gasteiger partial charge >= 0.3 is 0 Å². The Kier molecular flexibility index (Phi) is 5.99. The zero-order valence-electron chi connectivity index (χ0n) is 11.9. The molecule has 0 aromatic heterocycles. The van der Waals surface area contributed by atoms with Crippen LogP contribution in [-0.2, 0) is 16.1 Å². The van der Waals surface area contributed by atoms with Gasteiger partial charge in [0.05, 0.1) is 25.4 Å². The van der Waals surface area contributed by atoms with Crippen LogP contribution < -0.4 is 5.73 Å². The highest BCUT2D eigenvalue weighted by molar-refractivity contribution is 6.30. The number of halogens is 1. The lowest BCUT2D eigenvalue weighted by molar-refractivity contribution is -0.122. The number of amides is 1. The first-order chi connectivity index (χ1) is 10.1. The minimum Gasteiger partial charge on any atom is -0.389 e. The van der Waals surface area contributed by atoms with Gasteiger partial charge in [-0.3, -0.25) is 9.69 Å². The number of rotatable bonds is 7.